The highest BCUT2D eigenvalue weighted by Gasteiger charge is 2.32. The van der Waals surface area contributed by atoms with Gasteiger partial charge in [-0.3, -0.25) is 9.89 Å². The summed E-state index contributed by atoms with van der Waals surface area (Å²) in [4.78, 5) is 17.0. The number of carbonyl (C=O) groups excluding carboxylic acids is 1. The summed E-state index contributed by atoms with van der Waals surface area (Å²) in [6.45, 7) is 2.46. The molecule has 1 saturated carbocycles. The lowest BCUT2D eigenvalue weighted by Gasteiger charge is -2.28. The number of benzene rings is 1. The molecule has 8 heteroatoms. The predicted molar refractivity (Wildman–Crippen MR) is 119 cm³/mol. The van der Waals surface area contributed by atoms with Gasteiger partial charge in [0.05, 0.1) is 21.9 Å². The SMILES string of the molecule is CCCC1CCCC(S(=O)(=O)c2ccc(CNC(=O)c3cnc4[nH]ncc4c3)cc2)C1. The van der Waals surface area contributed by atoms with Gasteiger partial charge in [-0.2, -0.15) is 5.10 Å². The van der Waals surface area contributed by atoms with Crippen LogP contribution in [0.4, 0.5) is 0 Å². The summed E-state index contributed by atoms with van der Waals surface area (Å²) < 4.78 is 26.2. The second-order valence-corrected chi connectivity index (χ2v) is 10.6. The zero-order chi connectivity index (χ0) is 21.8. The monoisotopic (exact) mass is 440 g/mol. The van der Waals surface area contributed by atoms with Crippen molar-refractivity contribution in [1.82, 2.24) is 20.5 Å². The molecule has 7 nitrogen and oxygen atoms in total. The summed E-state index contributed by atoms with van der Waals surface area (Å²) in [6.07, 6.45) is 8.96. The normalized spacial score (nSPS) is 19.4. The number of aromatic nitrogens is 3. The first-order valence-electron chi connectivity index (χ1n) is 10.9. The van der Waals surface area contributed by atoms with Crippen LogP contribution in [0.2, 0.25) is 0 Å². The van der Waals surface area contributed by atoms with E-state index in [9.17, 15) is 13.2 Å². The molecular weight excluding hydrogens is 412 g/mol. The highest BCUT2D eigenvalue weighted by Crippen LogP contribution is 2.34. The molecule has 0 bridgehead atoms. The number of amides is 1. The van der Waals surface area contributed by atoms with Crippen LogP contribution in [0, 0.1) is 5.92 Å². The van der Waals surface area contributed by atoms with Gasteiger partial charge in [-0.25, -0.2) is 13.4 Å². The molecular formula is C23H28N4O3S. The summed E-state index contributed by atoms with van der Waals surface area (Å²) >= 11 is 0. The fraction of sp³-hybridized carbons (Fsp3) is 0.435. The number of fused-ring (bicyclic) bond motifs is 1. The molecule has 2 atom stereocenters. The van der Waals surface area contributed by atoms with E-state index in [-0.39, 0.29) is 11.2 Å². The molecule has 2 N–H and O–H groups in total. The van der Waals surface area contributed by atoms with Gasteiger partial charge in [0, 0.05) is 18.1 Å². The Labute approximate surface area is 182 Å². The van der Waals surface area contributed by atoms with Gasteiger partial charge in [0.15, 0.2) is 15.5 Å². The summed E-state index contributed by atoms with van der Waals surface area (Å²) in [5, 5.41) is 9.99. The molecule has 0 saturated heterocycles. The Bertz CT molecular complexity index is 1150. The maximum absolute atomic E-state index is 13.1. The largest absolute Gasteiger partial charge is 0.348 e. The topological polar surface area (TPSA) is 105 Å². The lowest BCUT2D eigenvalue weighted by Crippen LogP contribution is -2.28. The van der Waals surface area contributed by atoms with Crippen LogP contribution < -0.4 is 5.32 Å². The van der Waals surface area contributed by atoms with Crippen LogP contribution in [-0.4, -0.2) is 34.8 Å². The number of rotatable bonds is 7. The Balaban J connectivity index is 1.38. The van der Waals surface area contributed by atoms with Crippen LogP contribution >= 0.6 is 0 Å². The summed E-state index contributed by atoms with van der Waals surface area (Å²) in [5.41, 5.74) is 1.93. The summed E-state index contributed by atoms with van der Waals surface area (Å²) in [5.74, 6) is 0.278. The number of aromatic amines is 1. The zero-order valence-electron chi connectivity index (χ0n) is 17.7. The Kier molecular flexibility index (Phi) is 6.36. The number of nitrogens with zero attached hydrogens (tertiary/aromatic N) is 2. The molecule has 164 valence electrons. The van der Waals surface area contributed by atoms with E-state index in [2.05, 4.69) is 27.4 Å². The average Bonchev–Trinajstić information content (AvgIpc) is 3.26. The van der Waals surface area contributed by atoms with Crippen LogP contribution in [0.15, 0.2) is 47.6 Å². The minimum Gasteiger partial charge on any atom is -0.348 e. The van der Waals surface area contributed by atoms with Gasteiger partial charge in [-0.15, -0.1) is 0 Å². The molecule has 1 aromatic carbocycles. The fourth-order valence-corrected chi connectivity index (χ4v) is 6.33. The number of nitrogens with one attached hydrogen (secondary N) is 2. The van der Waals surface area contributed by atoms with Gasteiger partial charge >= 0.3 is 0 Å². The molecule has 2 aromatic heterocycles. The van der Waals surface area contributed by atoms with Gasteiger partial charge in [-0.05, 0) is 42.5 Å². The van der Waals surface area contributed by atoms with Gasteiger partial charge in [-0.1, -0.05) is 44.7 Å². The van der Waals surface area contributed by atoms with Crippen molar-refractivity contribution in [3.05, 3.63) is 53.9 Å². The fourth-order valence-electron chi connectivity index (χ4n) is 4.43. The minimum absolute atomic E-state index is 0.239. The summed E-state index contributed by atoms with van der Waals surface area (Å²) in [6, 6.07) is 8.61. The van der Waals surface area contributed by atoms with Crippen molar-refractivity contribution in [3.8, 4) is 0 Å². The number of carbonyl (C=O) groups is 1. The number of hydrogen-bond donors (Lipinski definition) is 2. The molecule has 1 aliphatic rings. The van der Waals surface area contributed by atoms with E-state index in [1.54, 1.807) is 36.5 Å². The second-order valence-electron chi connectivity index (χ2n) is 8.35. The van der Waals surface area contributed by atoms with Crippen LogP contribution in [0.3, 0.4) is 0 Å². The Morgan fingerprint density at radius 2 is 2.00 bits per heavy atom. The van der Waals surface area contributed by atoms with Gasteiger partial charge < -0.3 is 5.32 Å². The molecule has 3 aromatic rings. The molecule has 31 heavy (non-hydrogen) atoms. The maximum Gasteiger partial charge on any atom is 0.253 e. The first-order chi connectivity index (χ1) is 15.0. The van der Waals surface area contributed by atoms with E-state index >= 15 is 0 Å². The van der Waals surface area contributed by atoms with Crippen molar-refractivity contribution in [1.29, 1.82) is 0 Å². The Morgan fingerprint density at radius 3 is 2.77 bits per heavy atom. The van der Waals surface area contributed by atoms with E-state index in [1.807, 2.05) is 0 Å². The molecule has 0 aliphatic heterocycles. The van der Waals surface area contributed by atoms with Gasteiger partial charge in [0.25, 0.3) is 5.91 Å². The van der Waals surface area contributed by atoms with Crippen molar-refractivity contribution in [3.63, 3.8) is 0 Å². The van der Waals surface area contributed by atoms with E-state index < -0.39 is 9.84 Å². The number of hydrogen-bond acceptors (Lipinski definition) is 5. The van der Waals surface area contributed by atoms with E-state index in [4.69, 9.17) is 0 Å². The first kappa shape index (κ1) is 21.5. The predicted octanol–water partition coefficient (Wildman–Crippen LogP) is 4.02. The average molecular weight is 441 g/mol. The molecule has 2 heterocycles. The van der Waals surface area contributed by atoms with Crippen molar-refractivity contribution >= 4 is 26.8 Å². The van der Waals surface area contributed by atoms with Crippen molar-refractivity contribution < 1.29 is 13.2 Å². The van der Waals surface area contributed by atoms with E-state index in [0.29, 0.717) is 28.6 Å². The smallest absolute Gasteiger partial charge is 0.253 e. The maximum atomic E-state index is 13.1. The number of sulfone groups is 1. The zero-order valence-corrected chi connectivity index (χ0v) is 18.5. The van der Waals surface area contributed by atoms with Crippen LogP contribution in [0.25, 0.3) is 11.0 Å². The highest BCUT2D eigenvalue weighted by molar-refractivity contribution is 7.92. The van der Waals surface area contributed by atoms with Crippen molar-refractivity contribution in [2.24, 2.45) is 5.92 Å². The molecule has 4 rings (SSSR count). The van der Waals surface area contributed by atoms with Crippen LogP contribution in [0.5, 0.6) is 0 Å². The Hall–Kier alpha value is -2.74. The Morgan fingerprint density at radius 1 is 1.19 bits per heavy atom. The molecule has 1 fully saturated rings. The molecule has 0 spiro atoms. The molecule has 1 amide bonds. The summed E-state index contributed by atoms with van der Waals surface area (Å²) in [7, 11) is -3.32. The van der Waals surface area contributed by atoms with Gasteiger partial charge in [0.2, 0.25) is 0 Å². The van der Waals surface area contributed by atoms with Crippen molar-refractivity contribution in [2.75, 3.05) is 0 Å². The minimum atomic E-state index is -3.32. The third kappa shape index (κ3) is 4.79. The molecule has 1 aliphatic carbocycles. The third-order valence-electron chi connectivity index (χ3n) is 6.13. The third-order valence-corrected chi connectivity index (χ3v) is 8.36. The lowest BCUT2D eigenvalue weighted by molar-refractivity contribution is 0.0950. The molecule has 0 radical (unpaired) electrons. The number of pyridine rings is 1. The first-order valence-corrected chi connectivity index (χ1v) is 12.4. The van der Waals surface area contributed by atoms with Crippen molar-refractivity contribution in [2.45, 2.75) is 62.1 Å². The van der Waals surface area contributed by atoms with Gasteiger partial charge in [0.1, 0.15) is 0 Å². The van der Waals surface area contributed by atoms with E-state index in [1.165, 1.54) is 6.20 Å². The van der Waals surface area contributed by atoms with Crippen LogP contribution in [-0.2, 0) is 16.4 Å². The quantitative estimate of drug-likeness (QED) is 0.577. The lowest BCUT2D eigenvalue weighted by atomic mass is 9.86. The molecule has 2 unspecified atom stereocenters. The van der Waals surface area contributed by atoms with E-state index in [0.717, 1.165) is 49.5 Å². The standard InChI is InChI=1S/C23H28N4O3S/c1-2-4-16-5-3-6-21(11-16)31(29,30)20-9-7-17(8-10-20)13-25-23(28)19-12-18-15-26-27-22(18)24-14-19/h7-10,12,14-16,21H,2-6,11,13H2,1H3,(H,25,28)(H,24,26,27). The number of H-pyrrole nitrogens is 1. The second kappa shape index (κ2) is 9.18. The van der Waals surface area contributed by atoms with Crippen LogP contribution in [0.1, 0.15) is 61.4 Å². The highest BCUT2D eigenvalue weighted by atomic mass is 32.2.